The van der Waals surface area contributed by atoms with E-state index in [4.69, 9.17) is 4.84 Å². The van der Waals surface area contributed by atoms with E-state index in [2.05, 4.69) is 15.8 Å². The van der Waals surface area contributed by atoms with Crippen molar-refractivity contribution < 1.29 is 9.63 Å². The number of benzene rings is 1. The third kappa shape index (κ3) is 3.06. The molecule has 6 heteroatoms. The maximum absolute atomic E-state index is 12.2. The summed E-state index contributed by atoms with van der Waals surface area (Å²) in [5.74, 6) is -0.138. The highest BCUT2D eigenvalue weighted by atomic mass is 16.7. The minimum absolute atomic E-state index is 0.138. The molecule has 118 valence electrons. The van der Waals surface area contributed by atoms with Crippen LogP contribution >= 0.6 is 0 Å². The molecule has 1 fully saturated rings. The molecule has 0 bridgehead atoms. The fourth-order valence-corrected chi connectivity index (χ4v) is 2.79. The molecule has 22 heavy (non-hydrogen) atoms. The first-order valence-electron chi connectivity index (χ1n) is 7.58. The summed E-state index contributed by atoms with van der Waals surface area (Å²) < 4.78 is 0. The molecule has 1 spiro atoms. The molecule has 1 atom stereocenters. The molecule has 0 aromatic heterocycles. The van der Waals surface area contributed by atoms with Crippen molar-refractivity contribution in [1.29, 1.82) is 0 Å². The van der Waals surface area contributed by atoms with Gasteiger partial charge in [-0.1, -0.05) is 17.3 Å². The second kappa shape index (κ2) is 5.96. The number of hydrogen-bond donors (Lipinski definition) is 2. The predicted molar refractivity (Wildman–Crippen MR) is 86.0 cm³/mol. The minimum atomic E-state index is -0.292. The molecule has 0 radical (unpaired) electrons. The summed E-state index contributed by atoms with van der Waals surface area (Å²) in [4.78, 5) is 19.7. The quantitative estimate of drug-likeness (QED) is 0.866. The Labute approximate surface area is 130 Å². The fraction of sp³-hybridized carbons (Fsp3) is 0.500. The number of anilines is 1. The Bertz CT molecular complexity index is 574. The monoisotopic (exact) mass is 302 g/mol. The smallest absolute Gasteiger partial charge is 0.269 e. The van der Waals surface area contributed by atoms with Gasteiger partial charge in [0.15, 0.2) is 5.60 Å². The molecule has 2 heterocycles. The third-order valence-electron chi connectivity index (χ3n) is 4.21. The van der Waals surface area contributed by atoms with E-state index in [1.165, 1.54) is 0 Å². The zero-order valence-electron chi connectivity index (χ0n) is 13.1. The van der Waals surface area contributed by atoms with Crippen LogP contribution in [0.1, 0.15) is 18.4 Å². The Morgan fingerprint density at radius 3 is 2.82 bits per heavy atom. The van der Waals surface area contributed by atoms with Crippen LogP contribution in [0.25, 0.3) is 0 Å². The molecule has 1 saturated heterocycles. The molecular formula is C16H22N4O2. The van der Waals surface area contributed by atoms with E-state index in [0.717, 1.165) is 30.8 Å². The van der Waals surface area contributed by atoms with Crippen molar-refractivity contribution in [2.75, 3.05) is 32.1 Å². The van der Waals surface area contributed by atoms with Crippen LogP contribution in [-0.4, -0.2) is 44.4 Å². The molecule has 1 unspecified atom stereocenters. The SMILES string of the molecule is CN(C)c1ccc(CNC(=O)C2=NOC3(CCNC3)C2)cc1. The van der Waals surface area contributed by atoms with E-state index in [1.54, 1.807) is 0 Å². The van der Waals surface area contributed by atoms with Gasteiger partial charge >= 0.3 is 0 Å². The van der Waals surface area contributed by atoms with Crippen LogP contribution in [-0.2, 0) is 16.2 Å². The van der Waals surface area contributed by atoms with E-state index in [9.17, 15) is 4.79 Å². The van der Waals surface area contributed by atoms with Crippen molar-refractivity contribution in [1.82, 2.24) is 10.6 Å². The van der Waals surface area contributed by atoms with Crippen molar-refractivity contribution in [3.05, 3.63) is 29.8 Å². The van der Waals surface area contributed by atoms with Gasteiger partial charge in [0.25, 0.3) is 5.91 Å². The topological polar surface area (TPSA) is 66.0 Å². The molecule has 2 N–H and O–H groups in total. The summed E-state index contributed by atoms with van der Waals surface area (Å²) in [6.07, 6.45) is 1.49. The predicted octanol–water partition coefficient (Wildman–Crippen LogP) is 0.877. The van der Waals surface area contributed by atoms with Gasteiger partial charge in [0.2, 0.25) is 0 Å². The number of amides is 1. The molecule has 0 aliphatic carbocycles. The standard InChI is InChI=1S/C16H22N4O2/c1-20(2)13-5-3-12(4-6-13)10-18-15(21)14-9-16(22-19-14)7-8-17-11-16/h3-6,17H,7-11H2,1-2H3,(H,18,21). The van der Waals surface area contributed by atoms with Gasteiger partial charge in [-0.2, -0.15) is 0 Å². The lowest BCUT2D eigenvalue weighted by Gasteiger charge is -2.18. The number of hydrogen-bond acceptors (Lipinski definition) is 5. The Morgan fingerprint density at radius 1 is 1.41 bits per heavy atom. The molecule has 2 aliphatic rings. The van der Waals surface area contributed by atoms with Gasteiger partial charge in [0.1, 0.15) is 5.71 Å². The summed E-state index contributed by atoms with van der Waals surface area (Å²) >= 11 is 0. The average molecular weight is 302 g/mol. The Kier molecular flexibility index (Phi) is 4.02. The minimum Gasteiger partial charge on any atom is -0.387 e. The number of carbonyl (C=O) groups is 1. The van der Waals surface area contributed by atoms with E-state index >= 15 is 0 Å². The number of rotatable bonds is 4. The Hall–Kier alpha value is -2.08. The average Bonchev–Trinajstić information content (AvgIpc) is 3.16. The van der Waals surface area contributed by atoms with Gasteiger partial charge in [0.05, 0.1) is 0 Å². The fourth-order valence-electron chi connectivity index (χ4n) is 2.79. The van der Waals surface area contributed by atoms with Crippen LogP contribution in [0.3, 0.4) is 0 Å². The molecule has 6 nitrogen and oxygen atoms in total. The van der Waals surface area contributed by atoms with Crippen LogP contribution in [0.15, 0.2) is 29.4 Å². The number of carbonyl (C=O) groups excluding carboxylic acids is 1. The zero-order valence-corrected chi connectivity index (χ0v) is 13.1. The normalized spacial score (nSPS) is 23.3. The summed E-state index contributed by atoms with van der Waals surface area (Å²) in [5, 5.41) is 10.1. The van der Waals surface area contributed by atoms with Gasteiger partial charge in [-0.15, -0.1) is 0 Å². The number of oxime groups is 1. The number of nitrogens with zero attached hydrogens (tertiary/aromatic N) is 2. The first-order chi connectivity index (χ1) is 10.6. The van der Waals surface area contributed by atoms with Gasteiger partial charge in [0, 0.05) is 45.7 Å². The van der Waals surface area contributed by atoms with Crippen LogP contribution in [0.5, 0.6) is 0 Å². The lowest BCUT2D eigenvalue weighted by Crippen LogP contribution is -2.36. The second-order valence-electron chi connectivity index (χ2n) is 6.16. The van der Waals surface area contributed by atoms with E-state index in [1.807, 2.05) is 43.3 Å². The molecule has 1 aromatic rings. The number of nitrogens with one attached hydrogen (secondary N) is 2. The highest BCUT2D eigenvalue weighted by Gasteiger charge is 2.43. The summed E-state index contributed by atoms with van der Waals surface area (Å²) in [7, 11) is 4.01. The maximum Gasteiger partial charge on any atom is 0.269 e. The highest BCUT2D eigenvalue weighted by Crippen LogP contribution is 2.29. The van der Waals surface area contributed by atoms with Crippen molar-refractivity contribution in [3.8, 4) is 0 Å². The van der Waals surface area contributed by atoms with E-state index in [0.29, 0.717) is 18.7 Å². The van der Waals surface area contributed by atoms with Crippen LogP contribution in [0, 0.1) is 0 Å². The lowest BCUT2D eigenvalue weighted by atomic mass is 9.96. The van der Waals surface area contributed by atoms with Crippen molar-refractivity contribution >= 4 is 17.3 Å². The maximum atomic E-state index is 12.2. The van der Waals surface area contributed by atoms with Crippen LogP contribution in [0.2, 0.25) is 0 Å². The molecular weight excluding hydrogens is 280 g/mol. The van der Waals surface area contributed by atoms with Gasteiger partial charge in [-0.25, -0.2) is 0 Å². The van der Waals surface area contributed by atoms with Crippen molar-refractivity contribution in [2.45, 2.75) is 25.0 Å². The third-order valence-corrected chi connectivity index (χ3v) is 4.21. The first-order valence-corrected chi connectivity index (χ1v) is 7.58. The van der Waals surface area contributed by atoms with Crippen molar-refractivity contribution in [2.24, 2.45) is 5.16 Å². The van der Waals surface area contributed by atoms with E-state index in [-0.39, 0.29) is 11.5 Å². The van der Waals surface area contributed by atoms with Gasteiger partial charge in [-0.05, 0) is 24.2 Å². The molecule has 1 amide bonds. The summed E-state index contributed by atoms with van der Waals surface area (Å²) in [6, 6.07) is 8.11. The molecule has 3 rings (SSSR count). The first kappa shape index (κ1) is 14.8. The van der Waals surface area contributed by atoms with Gasteiger partial charge in [-0.3, -0.25) is 4.79 Å². The zero-order chi connectivity index (χ0) is 15.6. The van der Waals surface area contributed by atoms with Crippen LogP contribution in [0.4, 0.5) is 5.69 Å². The van der Waals surface area contributed by atoms with Crippen LogP contribution < -0.4 is 15.5 Å². The van der Waals surface area contributed by atoms with Gasteiger partial charge < -0.3 is 20.4 Å². The van der Waals surface area contributed by atoms with Crippen molar-refractivity contribution in [3.63, 3.8) is 0 Å². The Balaban J connectivity index is 1.52. The lowest BCUT2D eigenvalue weighted by molar-refractivity contribution is -0.115. The molecule has 1 aromatic carbocycles. The molecule has 2 aliphatic heterocycles. The van der Waals surface area contributed by atoms with E-state index < -0.39 is 0 Å². The Morgan fingerprint density at radius 2 is 2.18 bits per heavy atom. The summed E-state index contributed by atoms with van der Waals surface area (Å²) in [6.45, 7) is 2.18. The summed E-state index contributed by atoms with van der Waals surface area (Å²) in [5.41, 5.74) is 2.41. The molecule has 0 saturated carbocycles. The second-order valence-corrected chi connectivity index (χ2v) is 6.16. The highest BCUT2D eigenvalue weighted by molar-refractivity contribution is 6.39. The largest absolute Gasteiger partial charge is 0.387 e.